The number of quaternary nitrogens is 1. The minimum Gasteiger partial charge on any atom is -0.338 e. The lowest BCUT2D eigenvalue weighted by molar-refractivity contribution is -0.918. The summed E-state index contributed by atoms with van der Waals surface area (Å²) in [6.45, 7) is 8.73. The van der Waals surface area contributed by atoms with Gasteiger partial charge in [0.2, 0.25) is 0 Å². The van der Waals surface area contributed by atoms with E-state index in [-0.39, 0.29) is 10.5 Å². The number of aryl methyl sites for hydroxylation is 1. The highest BCUT2D eigenvalue weighted by atomic mass is 28.3. The zero-order chi connectivity index (χ0) is 16.0. The van der Waals surface area contributed by atoms with E-state index in [0.29, 0.717) is 0 Å². The van der Waals surface area contributed by atoms with E-state index in [4.69, 9.17) is 0 Å². The van der Waals surface area contributed by atoms with Gasteiger partial charge in [0.25, 0.3) is 0 Å². The molecule has 4 nitrogen and oxygen atoms in total. The van der Waals surface area contributed by atoms with Crippen LogP contribution >= 0.6 is 0 Å². The van der Waals surface area contributed by atoms with Gasteiger partial charge >= 0.3 is 5.91 Å². The molecule has 0 atom stereocenters. The minimum absolute atomic E-state index is 0.201. The predicted octanol–water partition coefficient (Wildman–Crippen LogP) is 2.96. The van der Waals surface area contributed by atoms with Crippen LogP contribution in [0.4, 0.5) is 5.69 Å². The molecule has 1 aliphatic rings. The molecule has 21 heavy (non-hydrogen) atoms. The molecule has 0 saturated carbocycles. The highest BCUT2D eigenvalue weighted by Crippen LogP contribution is 2.33. The smallest absolute Gasteiger partial charge is 0.338 e. The van der Waals surface area contributed by atoms with Crippen LogP contribution in [0.3, 0.4) is 0 Å². The standard InChI is InChI=1S/C16H25N3OSi/c1-12-9-8-10-13(11-12)17-15-14(21(5,6)7)16(20)19(3,4)18(15)2/h8-11H,1-7H3/p+1. The monoisotopic (exact) mass is 304 g/mol. The first-order valence-corrected chi connectivity index (χ1v) is 10.8. The molecule has 1 aliphatic heterocycles. The van der Waals surface area contributed by atoms with Gasteiger partial charge in [0.15, 0.2) is 5.82 Å². The zero-order valence-electron chi connectivity index (χ0n) is 14.1. The van der Waals surface area contributed by atoms with E-state index < -0.39 is 8.07 Å². The maximum absolute atomic E-state index is 12.8. The summed E-state index contributed by atoms with van der Waals surface area (Å²) in [6.07, 6.45) is 0. The number of nitrogens with zero attached hydrogens (tertiary/aromatic N) is 2. The molecule has 1 aromatic rings. The Kier molecular flexibility index (Phi) is 3.76. The normalized spacial score (nSPS) is 18.4. The summed E-state index contributed by atoms with van der Waals surface area (Å²) in [7, 11) is 4.11. The number of benzene rings is 1. The van der Waals surface area contributed by atoms with Crippen LogP contribution in [-0.2, 0) is 4.79 Å². The van der Waals surface area contributed by atoms with Crippen LogP contribution in [0.25, 0.3) is 0 Å². The first kappa shape index (κ1) is 15.8. The Hall–Kier alpha value is -1.59. The van der Waals surface area contributed by atoms with E-state index in [2.05, 4.69) is 44.0 Å². The summed E-state index contributed by atoms with van der Waals surface area (Å²) in [5.74, 6) is 1.15. The van der Waals surface area contributed by atoms with Crippen molar-refractivity contribution in [3.63, 3.8) is 0 Å². The second-order valence-electron chi connectivity index (χ2n) is 7.19. The summed E-state index contributed by atoms with van der Waals surface area (Å²) in [4.78, 5) is 12.8. The van der Waals surface area contributed by atoms with Crippen molar-refractivity contribution in [2.45, 2.75) is 26.6 Å². The van der Waals surface area contributed by atoms with Gasteiger partial charge in [-0.3, -0.25) is 0 Å². The fourth-order valence-electron chi connectivity index (χ4n) is 2.60. The first-order chi connectivity index (χ1) is 9.55. The van der Waals surface area contributed by atoms with Crippen molar-refractivity contribution < 1.29 is 9.39 Å². The number of amides is 1. The Morgan fingerprint density at radius 2 is 1.81 bits per heavy atom. The molecule has 0 fully saturated rings. The molecule has 0 aromatic heterocycles. The number of hydrogen-bond acceptors (Lipinski definition) is 3. The second kappa shape index (κ2) is 5.00. The van der Waals surface area contributed by atoms with Crippen molar-refractivity contribution in [2.75, 3.05) is 26.5 Å². The van der Waals surface area contributed by atoms with Crippen LogP contribution in [0.1, 0.15) is 5.56 Å². The van der Waals surface area contributed by atoms with Crippen LogP contribution < -0.4 is 5.32 Å². The largest absolute Gasteiger partial charge is 0.365 e. The van der Waals surface area contributed by atoms with E-state index in [1.807, 2.05) is 38.3 Å². The van der Waals surface area contributed by atoms with E-state index >= 15 is 0 Å². The maximum atomic E-state index is 12.8. The molecule has 0 unspecified atom stereocenters. The molecule has 0 saturated heterocycles. The highest BCUT2D eigenvalue weighted by Gasteiger charge is 2.50. The second-order valence-corrected chi connectivity index (χ2v) is 12.2. The number of anilines is 1. The van der Waals surface area contributed by atoms with Crippen LogP contribution in [0.15, 0.2) is 35.3 Å². The molecule has 1 heterocycles. The lowest BCUT2D eigenvalue weighted by Crippen LogP contribution is -2.52. The Morgan fingerprint density at radius 1 is 1.19 bits per heavy atom. The first-order valence-electron chi connectivity index (χ1n) is 7.26. The summed E-state index contributed by atoms with van der Waals surface area (Å²) in [6, 6.07) is 8.25. The Balaban J connectivity index is 2.50. The summed E-state index contributed by atoms with van der Waals surface area (Å²) >= 11 is 0. The third-order valence-electron chi connectivity index (χ3n) is 4.05. The van der Waals surface area contributed by atoms with E-state index in [9.17, 15) is 4.79 Å². The van der Waals surface area contributed by atoms with E-state index in [0.717, 1.165) is 16.7 Å². The zero-order valence-corrected chi connectivity index (χ0v) is 15.1. The number of carbonyl (C=O) groups is 1. The van der Waals surface area contributed by atoms with Crippen molar-refractivity contribution in [3.8, 4) is 0 Å². The lowest BCUT2D eigenvalue weighted by Gasteiger charge is -2.31. The average molecular weight is 304 g/mol. The molecular weight excluding hydrogens is 278 g/mol. The Morgan fingerprint density at radius 3 is 2.33 bits per heavy atom. The van der Waals surface area contributed by atoms with Crippen molar-refractivity contribution >= 4 is 19.7 Å². The van der Waals surface area contributed by atoms with E-state index in [1.165, 1.54) is 5.56 Å². The summed E-state index contributed by atoms with van der Waals surface area (Å²) in [5, 5.41) is 6.49. The average Bonchev–Trinajstić information content (AvgIpc) is 2.50. The quantitative estimate of drug-likeness (QED) is 0.688. The van der Waals surface area contributed by atoms with Crippen molar-refractivity contribution in [2.24, 2.45) is 0 Å². The van der Waals surface area contributed by atoms with Gasteiger partial charge < -0.3 is 5.32 Å². The maximum Gasteiger partial charge on any atom is 0.365 e. The van der Waals surface area contributed by atoms with Gasteiger partial charge in [-0.15, -0.1) is 0 Å². The van der Waals surface area contributed by atoms with Gasteiger partial charge in [-0.1, -0.05) is 31.8 Å². The lowest BCUT2D eigenvalue weighted by atomic mass is 10.2. The van der Waals surface area contributed by atoms with Gasteiger partial charge in [0, 0.05) is 5.69 Å². The van der Waals surface area contributed by atoms with Crippen LogP contribution in [0.5, 0.6) is 0 Å². The number of rotatable bonds is 3. The topological polar surface area (TPSA) is 32.3 Å². The van der Waals surface area contributed by atoms with Crippen LogP contribution in [0.2, 0.25) is 19.6 Å². The Bertz CT molecular complexity index is 614. The predicted molar refractivity (Wildman–Crippen MR) is 90.1 cm³/mol. The van der Waals surface area contributed by atoms with Gasteiger partial charge in [-0.05, 0) is 24.6 Å². The number of carbonyl (C=O) groups excluding carboxylic acids is 1. The molecule has 1 N–H and O–H groups in total. The molecule has 0 spiro atoms. The SMILES string of the molecule is Cc1cccc(NC2=C([Si](C)(C)C)C(=O)[N+](C)(C)N2C)c1. The third kappa shape index (κ3) is 2.76. The molecule has 0 radical (unpaired) electrons. The van der Waals surface area contributed by atoms with Crippen molar-refractivity contribution in [1.29, 1.82) is 0 Å². The summed E-state index contributed by atoms with van der Waals surface area (Å²) in [5.41, 5.74) is 2.23. The van der Waals surface area contributed by atoms with Gasteiger partial charge in [-0.25, -0.2) is 9.80 Å². The number of likely N-dealkylation sites (N-methyl/N-ethyl adjacent to an activating group) is 1. The van der Waals surface area contributed by atoms with Crippen molar-refractivity contribution in [3.05, 3.63) is 40.8 Å². The van der Waals surface area contributed by atoms with Gasteiger partial charge in [-0.2, -0.15) is 4.59 Å². The molecule has 0 bridgehead atoms. The molecular formula is C16H26N3OSi+. The molecule has 5 heteroatoms. The van der Waals surface area contributed by atoms with Crippen LogP contribution in [-0.4, -0.2) is 44.7 Å². The fourth-order valence-corrected chi connectivity index (χ4v) is 4.45. The molecule has 114 valence electrons. The molecule has 1 aromatic carbocycles. The molecule has 1 amide bonds. The van der Waals surface area contributed by atoms with Crippen LogP contribution in [0, 0.1) is 6.92 Å². The van der Waals surface area contributed by atoms with Gasteiger partial charge in [0.1, 0.15) is 0 Å². The van der Waals surface area contributed by atoms with Crippen molar-refractivity contribution in [1.82, 2.24) is 5.01 Å². The van der Waals surface area contributed by atoms with E-state index in [1.54, 1.807) is 0 Å². The fraction of sp³-hybridized carbons (Fsp3) is 0.438. The number of nitrogens with one attached hydrogen (secondary N) is 1. The number of hydrogen-bond donors (Lipinski definition) is 1. The Labute approximate surface area is 128 Å². The molecule has 2 rings (SSSR count). The summed E-state index contributed by atoms with van der Waals surface area (Å²) < 4.78 is 0.244. The third-order valence-corrected chi connectivity index (χ3v) is 6.00. The van der Waals surface area contributed by atoms with Gasteiger partial charge in [0.05, 0.1) is 34.4 Å². The molecule has 0 aliphatic carbocycles. The highest BCUT2D eigenvalue weighted by molar-refractivity contribution is 6.87. The minimum atomic E-state index is -1.74.